The third-order valence-electron chi connectivity index (χ3n) is 4.85. The van der Waals surface area contributed by atoms with E-state index in [0.29, 0.717) is 6.04 Å². The summed E-state index contributed by atoms with van der Waals surface area (Å²) < 4.78 is 0. The standard InChI is InChI=1S/C20H34N2/c1-3-5-13-21-14-10-16-22(15-6-4-2)20(18-21)17-19-11-8-7-9-12-19/h7-9,11-12,20H,3-6,10,13-18H2,1-2H3/t20-/m0/s1. The number of hydrogen-bond acceptors (Lipinski definition) is 2. The molecule has 0 amide bonds. The highest BCUT2D eigenvalue weighted by Crippen LogP contribution is 2.16. The Morgan fingerprint density at radius 3 is 2.41 bits per heavy atom. The molecule has 1 aliphatic rings. The van der Waals surface area contributed by atoms with Crippen molar-refractivity contribution in [3.05, 3.63) is 35.9 Å². The van der Waals surface area contributed by atoms with Crippen LogP contribution in [0.5, 0.6) is 0 Å². The van der Waals surface area contributed by atoms with E-state index < -0.39 is 0 Å². The van der Waals surface area contributed by atoms with Gasteiger partial charge in [-0.2, -0.15) is 0 Å². The lowest BCUT2D eigenvalue weighted by Crippen LogP contribution is -2.43. The molecule has 0 aromatic heterocycles. The average Bonchev–Trinajstić information content (AvgIpc) is 2.74. The van der Waals surface area contributed by atoms with Crippen molar-refractivity contribution in [2.75, 3.05) is 32.7 Å². The zero-order chi connectivity index (χ0) is 15.6. The molecule has 1 atom stereocenters. The first-order valence-electron chi connectivity index (χ1n) is 9.33. The Labute approximate surface area is 137 Å². The maximum absolute atomic E-state index is 2.77. The minimum absolute atomic E-state index is 0.688. The van der Waals surface area contributed by atoms with Crippen LogP contribution in [0.25, 0.3) is 0 Å². The maximum Gasteiger partial charge on any atom is 0.0263 e. The van der Waals surface area contributed by atoms with Gasteiger partial charge in [-0.3, -0.25) is 4.90 Å². The molecule has 0 spiro atoms. The Kier molecular flexibility index (Phi) is 7.96. The van der Waals surface area contributed by atoms with E-state index in [4.69, 9.17) is 0 Å². The van der Waals surface area contributed by atoms with E-state index in [1.165, 1.54) is 76.8 Å². The van der Waals surface area contributed by atoms with Gasteiger partial charge in [0.2, 0.25) is 0 Å². The molecule has 0 radical (unpaired) electrons. The van der Waals surface area contributed by atoms with Crippen LogP contribution in [0.3, 0.4) is 0 Å². The Morgan fingerprint density at radius 1 is 0.955 bits per heavy atom. The summed E-state index contributed by atoms with van der Waals surface area (Å²) in [5.41, 5.74) is 1.49. The van der Waals surface area contributed by atoms with Gasteiger partial charge >= 0.3 is 0 Å². The fourth-order valence-corrected chi connectivity index (χ4v) is 3.50. The van der Waals surface area contributed by atoms with E-state index in [1.54, 1.807) is 0 Å². The Hall–Kier alpha value is -0.860. The van der Waals surface area contributed by atoms with Crippen LogP contribution in [0.4, 0.5) is 0 Å². The van der Waals surface area contributed by atoms with Crippen molar-refractivity contribution in [1.29, 1.82) is 0 Å². The molecule has 1 heterocycles. The molecule has 1 aromatic carbocycles. The molecule has 1 fully saturated rings. The number of nitrogens with zero attached hydrogens (tertiary/aromatic N) is 2. The van der Waals surface area contributed by atoms with Crippen LogP contribution in [-0.2, 0) is 6.42 Å². The third kappa shape index (κ3) is 5.73. The van der Waals surface area contributed by atoms with E-state index in [9.17, 15) is 0 Å². The number of unbranched alkanes of at least 4 members (excludes halogenated alkanes) is 2. The zero-order valence-corrected chi connectivity index (χ0v) is 14.6. The zero-order valence-electron chi connectivity index (χ0n) is 14.6. The predicted octanol–water partition coefficient (Wildman–Crippen LogP) is 4.21. The molecular formula is C20H34N2. The molecule has 1 aliphatic heterocycles. The van der Waals surface area contributed by atoms with Gasteiger partial charge in [0, 0.05) is 12.6 Å². The van der Waals surface area contributed by atoms with Gasteiger partial charge in [-0.05, 0) is 57.4 Å². The molecule has 1 aromatic rings. The van der Waals surface area contributed by atoms with E-state index in [-0.39, 0.29) is 0 Å². The molecule has 2 heteroatoms. The lowest BCUT2D eigenvalue weighted by Gasteiger charge is -2.32. The van der Waals surface area contributed by atoms with Crippen molar-refractivity contribution in [3.8, 4) is 0 Å². The van der Waals surface area contributed by atoms with Gasteiger partial charge < -0.3 is 4.90 Å². The average molecular weight is 303 g/mol. The minimum Gasteiger partial charge on any atom is -0.302 e. The minimum atomic E-state index is 0.688. The molecule has 1 saturated heterocycles. The monoisotopic (exact) mass is 302 g/mol. The fraction of sp³-hybridized carbons (Fsp3) is 0.700. The lowest BCUT2D eigenvalue weighted by atomic mass is 10.0. The smallest absolute Gasteiger partial charge is 0.0263 e. The summed E-state index contributed by atoms with van der Waals surface area (Å²) in [6, 6.07) is 11.7. The first kappa shape index (κ1) is 17.5. The second-order valence-corrected chi connectivity index (χ2v) is 6.74. The maximum atomic E-state index is 2.77. The highest BCUT2D eigenvalue weighted by molar-refractivity contribution is 5.16. The van der Waals surface area contributed by atoms with Crippen molar-refractivity contribution in [2.24, 2.45) is 0 Å². The summed E-state index contributed by atoms with van der Waals surface area (Å²) in [5.74, 6) is 0. The van der Waals surface area contributed by atoms with Crippen LogP contribution in [0.15, 0.2) is 30.3 Å². The van der Waals surface area contributed by atoms with Crippen molar-refractivity contribution < 1.29 is 0 Å². The summed E-state index contributed by atoms with van der Waals surface area (Å²) in [5, 5.41) is 0. The Balaban J connectivity index is 2.01. The molecule has 0 N–H and O–H groups in total. The van der Waals surface area contributed by atoms with Crippen molar-refractivity contribution >= 4 is 0 Å². The van der Waals surface area contributed by atoms with Gasteiger partial charge in [0.05, 0.1) is 0 Å². The van der Waals surface area contributed by atoms with Crippen LogP contribution in [-0.4, -0.2) is 48.6 Å². The first-order chi connectivity index (χ1) is 10.8. The Bertz CT molecular complexity index is 390. The van der Waals surface area contributed by atoms with Crippen LogP contribution in [0.2, 0.25) is 0 Å². The number of hydrogen-bond donors (Lipinski definition) is 0. The van der Waals surface area contributed by atoms with Crippen LogP contribution in [0, 0.1) is 0 Å². The molecule has 0 unspecified atom stereocenters. The number of rotatable bonds is 8. The van der Waals surface area contributed by atoms with E-state index >= 15 is 0 Å². The molecule has 0 bridgehead atoms. The third-order valence-corrected chi connectivity index (χ3v) is 4.85. The van der Waals surface area contributed by atoms with Crippen molar-refractivity contribution in [1.82, 2.24) is 9.80 Å². The molecule has 0 saturated carbocycles. The second kappa shape index (κ2) is 10.0. The van der Waals surface area contributed by atoms with Gasteiger partial charge in [-0.25, -0.2) is 0 Å². The van der Waals surface area contributed by atoms with Crippen molar-refractivity contribution in [3.63, 3.8) is 0 Å². The van der Waals surface area contributed by atoms with E-state index in [0.717, 1.165) is 0 Å². The molecule has 2 nitrogen and oxygen atoms in total. The van der Waals surface area contributed by atoms with Gasteiger partial charge in [-0.1, -0.05) is 57.0 Å². The highest BCUT2D eigenvalue weighted by Gasteiger charge is 2.24. The van der Waals surface area contributed by atoms with Gasteiger partial charge in [0.25, 0.3) is 0 Å². The highest BCUT2D eigenvalue weighted by atomic mass is 15.2. The van der Waals surface area contributed by atoms with E-state index in [2.05, 4.69) is 54.0 Å². The Morgan fingerprint density at radius 2 is 1.68 bits per heavy atom. The summed E-state index contributed by atoms with van der Waals surface area (Å²) in [7, 11) is 0. The normalized spacial score (nSPS) is 20.9. The van der Waals surface area contributed by atoms with Crippen molar-refractivity contribution in [2.45, 2.75) is 58.4 Å². The van der Waals surface area contributed by atoms with Crippen LogP contribution >= 0.6 is 0 Å². The molecule has 0 aliphatic carbocycles. The molecule has 22 heavy (non-hydrogen) atoms. The summed E-state index contributed by atoms with van der Waals surface area (Å²) in [4.78, 5) is 5.48. The van der Waals surface area contributed by atoms with Gasteiger partial charge in [-0.15, -0.1) is 0 Å². The number of benzene rings is 1. The first-order valence-corrected chi connectivity index (χ1v) is 9.33. The molecular weight excluding hydrogens is 268 g/mol. The molecule has 2 rings (SSSR count). The summed E-state index contributed by atoms with van der Waals surface area (Å²) in [6.07, 6.45) is 7.81. The van der Waals surface area contributed by atoms with E-state index in [1.807, 2.05) is 0 Å². The molecule has 124 valence electrons. The second-order valence-electron chi connectivity index (χ2n) is 6.74. The summed E-state index contributed by atoms with van der Waals surface area (Å²) >= 11 is 0. The summed E-state index contributed by atoms with van der Waals surface area (Å²) in [6.45, 7) is 11.0. The predicted molar refractivity (Wildman–Crippen MR) is 96.4 cm³/mol. The SMILES string of the molecule is CCCCN1CCCN(CCCC)[C@@H](Cc2ccccc2)C1. The lowest BCUT2D eigenvalue weighted by molar-refractivity contribution is 0.173. The van der Waals surface area contributed by atoms with Crippen LogP contribution in [0.1, 0.15) is 51.5 Å². The van der Waals surface area contributed by atoms with Gasteiger partial charge in [0.1, 0.15) is 0 Å². The topological polar surface area (TPSA) is 6.48 Å². The fourth-order valence-electron chi connectivity index (χ4n) is 3.50. The van der Waals surface area contributed by atoms with Gasteiger partial charge in [0.15, 0.2) is 0 Å². The van der Waals surface area contributed by atoms with Crippen LogP contribution < -0.4 is 0 Å². The quantitative estimate of drug-likeness (QED) is 0.710. The largest absolute Gasteiger partial charge is 0.302 e.